The molecule has 0 spiro atoms. The van der Waals surface area contributed by atoms with Gasteiger partial charge in [-0.3, -0.25) is 14.5 Å². The molecule has 4 heterocycles. The highest BCUT2D eigenvalue weighted by Crippen LogP contribution is 2.41. The SMILES string of the molecule is CO/N=C(\C(=O)NC1C(=O)N2C(C(=O)OCSc3cc[n+](NC(=O)OC(C)(C)C)cc3)=CCS[C@@H]12)c1csc(NC(c2ccccc2)(c2ccccc2)c2ccccc2)n1.[Cl-]. The van der Waals surface area contributed by atoms with Gasteiger partial charge in [0.25, 0.3) is 11.8 Å². The fourth-order valence-corrected chi connectivity index (χ4v) is 9.19. The van der Waals surface area contributed by atoms with Crippen LogP contribution >= 0.6 is 34.9 Å². The summed E-state index contributed by atoms with van der Waals surface area (Å²) in [6.07, 6.45) is 4.31. The molecular formula is C43H42ClN7O7S3. The molecule has 1 fully saturated rings. The molecule has 18 heteroatoms. The number of oxime groups is 1. The highest BCUT2D eigenvalue weighted by atomic mass is 35.5. The van der Waals surface area contributed by atoms with E-state index in [0.717, 1.165) is 21.6 Å². The summed E-state index contributed by atoms with van der Waals surface area (Å²) < 4.78 is 12.2. The number of fused-ring (bicyclic) bond motifs is 1. The lowest BCUT2D eigenvalue weighted by atomic mass is 9.77. The fraction of sp³-hybridized carbons (Fsp3) is 0.233. The number of thioether (sulfide) groups is 2. The number of hydrogen-bond acceptors (Lipinski definition) is 13. The average molecular weight is 901 g/mol. The molecule has 0 saturated carbocycles. The quantitative estimate of drug-likeness (QED) is 0.0219. The van der Waals surface area contributed by atoms with Gasteiger partial charge in [0, 0.05) is 28.2 Å². The van der Waals surface area contributed by atoms with Gasteiger partial charge in [-0.15, -0.1) is 23.1 Å². The Morgan fingerprint density at radius 1 is 0.918 bits per heavy atom. The van der Waals surface area contributed by atoms with Crippen LogP contribution in [0.3, 0.4) is 0 Å². The van der Waals surface area contributed by atoms with E-state index in [2.05, 4.69) is 57.6 Å². The zero-order valence-corrected chi connectivity index (χ0v) is 36.6. The number of carbonyl (C=O) groups excluding carboxylic acids is 4. The van der Waals surface area contributed by atoms with Crippen LogP contribution in [0.5, 0.6) is 0 Å². The minimum atomic E-state index is -0.932. The van der Waals surface area contributed by atoms with E-state index in [1.807, 2.05) is 54.6 Å². The highest BCUT2D eigenvalue weighted by Gasteiger charge is 2.53. The molecular weight excluding hydrogens is 858 g/mol. The molecule has 0 radical (unpaired) electrons. The average Bonchev–Trinajstić information content (AvgIpc) is 3.72. The van der Waals surface area contributed by atoms with Crippen molar-refractivity contribution in [3.8, 4) is 0 Å². The summed E-state index contributed by atoms with van der Waals surface area (Å²) in [7, 11) is 1.33. The minimum Gasteiger partial charge on any atom is -1.00 e. The van der Waals surface area contributed by atoms with Crippen molar-refractivity contribution in [2.24, 2.45) is 5.16 Å². The predicted molar refractivity (Wildman–Crippen MR) is 231 cm³/mol. The number of anilines is 1. The Hall–Kier alpha value is -5.88. The van der Waals surface area contributed by atoms with Crippen LogP contribution in [0, 0.1) is 0 Å². The molecule has 7 rings (SSSR count). The summed E-state index contributed by atoms with van der Waals surface area (Å²) in [5.74, 6) is -1.38. The van der Waals surface area contributed by atoms with Gasteiger partial charge in [-0.1, -0.05) is 118 Å². The molecule has 2 aliphatic heterocycles. The van der Waals surface area contributed by atoms with Crippen LogP contribution < -0.4 is 33.1 Å². The van der Waals surface area contributed by atoms with E-state index in [4.69, 9.17) is 19.3 Å². The molecule has 1 unspecified atom stereocenters. The number of aromatic nitrogens is 2. The number of nitrogens with zero attached hydrogens (tertiary/aromatic N) is 4. The van der Waals surface area contributed by atoms with Crippen LogP contribution in [0.15, 0.2) is 143 Å². The first-order valence-corrected chi connectivity index (χ1v) is 21.7. The smallest absolute Gasteiger partial charge is 0.461 e. The second-order valence-electron chi connectivity index (χ2n) is 14.4. The Balaban J connectivity index is 0.00000622. The van der Waals surface area contributed by atoms with Gasteiger partial charge in [0.15, 0.2) is 10.8 Å². The first-order valence-electron chi connectivity index (χ1n) is 18.8. The molecule has 61 heavy (non-hydrogen) atoms. The zero-order chi connectivity index (χ0) is 42.3. The number of halogens is 1. The lowest BCUT2D eigenvalue weighted by Gasteiger charge is -2.48. The van der Waals surface area contributed by atoms with E-state index in [1.165, 1.54) is 51.5 Å². The molecule has 3 N–H and O–H groups in total. The summed E-state index contributed by atoms with van der Waals surface area (Å²) in [5, 5.41) is 12.2. The van der Waals surface area contributed by atoms with Crippen LogP contribution in [0.1, 0.15) is 43.2 Å². The minimum absolute atomic E-state index is 0. The third kappa shape index (κ3) is 10.2. The number of benzene rings is 3. The normalized spacial score (nSPS) is 16.1. The highest BCUT2D eigenvalue weighted by molar-refractivity contribution is 8.00. The van der Waals surface area contributed by atoms with Gasteiger partial charge >= 0.3 is 12.1 Å². The summed E-state index contributed by atoms with van der Waals surface area (Å²) in [6, 6.07) is 32.8. The lowest BCUT2D eigenvalue weighted by Crippen LogP contribution is -3.00. The van der Waals surface area contributed by atoms with Gasteiger partial charge in [0.1, 0.15) is 47.0 Å². The second kappa shape index (κ2) is 19.7. The van der Waals surface area contributed by atoms with Crippen molar-refractivity contribution in [3.63, 3.8) is 0 Å². The van der Waals surface area contributed by atoms with Crippen LogP contribution in [0.2, 0.25) is 0 Å². The standard InChI is InChI=1S/C43H41N7O7S3.ClH/c1-42(2,3)57-41(54)47-49-23-20-31(21-24-49)60-27-56-39(53)33-22-25-58-38-35(37(52)50(33)38)45-36(51)34(48-55-4)32-26-59-40(44-32)46-43(28-14-8-5-9-15-28,29-16-10-6-11-17-29)30-18-12-7-13-19-30;/h5-24,26,35,38H,25,27H2,1-4H3,(H2-,44,45,46,47,51,54);1H/b48-34-;/t35?,38-;/m0./s1. The predicted octanol–water partition coefficient (Wildman–Crippen LogP) is 3.24. The van der Waals surface area contributed by atoms with Gasteiger partial charge in [-0.05, 0) is 43.5 Å². The molecule has 5 aromatic rings. The molecule has 0 bridgehead atoms. The molecule has 2 aromatic heterocycles. The van der Waals surface area contributed by atoms with Crippen LogP contribution in [0.4, 0.5) is 9.93 Å². The largest absolute Gasteiger partial charge is 1.00 e. The number of ether oxygens (including phenoxy) is 2. The number of amides is 3. The van der Waals surface area contributed by atoms with Gasteiger partial charge in [-0.2, -0.15) is 0 Å². The van der Waals surface area contributed by atoms with Gasteiger partial charge in [-0.25, -0.2) is 14.6 Å². The first-order chi connectivity index (χ1) is 29.0. The molecule has 3 amide bonds. The number of carbonyl (C=O) groups is 4. The van der Waals surface area contributed by atoms with Crippen molar-refractivity contribution >= 4 is 69.6 Å². The van der Waals surface area contributed by atoms with Crippen molar-refractivity contribution in [2.45, 2.75) is 48.2 Å². The van der Waals surface area contributed by atoms with Crippen LogP contribution in [0.25, 0.3) is 0 Å². The molecule has 1 saturated heterocycles. The van der Waals surface area contributed by atoms with Crippen molar-refractivity contribution in [1.82, 2.24) is 15.2 Å². The third-order valence-electron chi connectivity index (χ3n) is 9.24. The molecule has 3 aromatic carbocycles. The van der Waals surface area contributed by atoms with Crippen molar-refractivity contribution in [3.05, 3.63) is 155 Å². The van der Waals surface area contributed by atoms with E-state index in [0.29, 0.717) is 10.9 Å². The number of esters is 1. The number of hydrogen-bond donors (Lipinski definition) is 3. The summed E-state index contributed by atoms with van der Waals surface area (Å²) in [4.78, 5) is 64.6. The van der Waals surface area contributed by atoms with Crippen LogP contribution in [-0.2, 0) is 34.2 Å². The van der Waals surface area contributed by atoms with E-state index >= 15 is 0 Å². The lowest BCUT2D eigenvalue weighted by molar-refractivity contribution is -0.643. The second-order valence-corrected chi connectivity index (χ2v) is 17.4. The Bertz CT molecular complexity index is 2300. The molecule has 0 aliphatic carbocycles. The van der Waals surface area contributed by atoms with Gasteiger partial charge < -0.3 is 37.4 Å². The molecule has 2 aliphatic rings. The Labute approximate surface area is 371 Å². The maximum atomic E-state index is 13.8. The summed E-state index contributed by atoms with van der Waals surface area (Å²) in [5.41, 5.74) is 4.31. The van der Waals surface area contributed by atoms with Gasteiger partial charge in [0.05, 0.1) is 0 Å². The maximum absolute atomic E-state index is 13.8. The fourth-order valence-electron chi connectivity index (χ4n) is 6.63. The number of nitrogens with one attached hydrogen (secondary N) is 3. The molecule has 316 valence electrons. The Kier molecular flexibility index (Phi) is 14.4. The zero-order valence-electron chi connectivity index (χ0n) is 33.4. The van der Waals surface area contributed by atoms with Crippen molar-refractivity contribution in [2.75, 3.05) is 29.5 Å². The first kappa shape index (κ1) is 44.7. The Morgan fingerprint density at radius 2 is 1.51 bits per heavy atom. The monoisotopic (exact) mass is 899 g/mol. The summed E-state index contributed by atoms with van der Waals surface area (Å²) >= 11 is 3.97. The van der Waals surface area contributed by atoms with E-state index in [9.17, 15) is 19.2 Å². The van der Waals surface area contributed by atoms with Crippen molar-refractivity contribution in [1.29, 1.82) is 0 Å². The van der Waals surface area contributed by atoms with Crippen molar-refractivity contribution < 1.29 is 50.6 Å². The topological polar surface area (TPSA) is 164 Å². The van der Waals surface area contributed by atoms with E-state index < -0.39 is 46.4 Å². The number of β-lactam (4-membered cyclic amide) rings is 1. The van der Waals surface area contributed by atoms with E-state index in [-0.39, 0.29) is 35.4 Å². The van der Waals surface area contributed by atoms with Crippen LogP contribution in [-0.4, -0.2) is 75.3 Å². The Morgan fingerprint density at radius 3 is 2.07 bits per heavy atom. The van der Waals surface area contributed by atoms with E-state index in [1.54, 1.807) is 56.8 Å². The molecule has 14 nitrogen and oxygen atoms in total. The number of rotatable bonds is 14. The third-order valence-corrected chi connectivity index (χ3v) is 12.0. The number of thiazole rings is 1. The van der Waals surface area contributed by atoms with Gasteiger partial charge in [0.2, 0.25) is 12.4 Å². The summed E-state index contributed by atoms with van der Waals surface area (Å²) in [6.45, 7) is 5.32. The maximum Gasteiger partial charge on any atom is 0.461 e. The number of pyridine rings is 1. The molecule has 2 atom stereocenters.